The highest BCUT2D eigenvalue weighted by Crippen LogP contribution is 2.28. The molecule has 1 heterocycles. The minimum atomic E-state index is -3.42. The molecule has 0 saturated carbocycles. The fourth-order valence-electron chi connectivity index (χ4n) is 4.70. The topological polar surface area (TPSA) is 111 Å². The average molecular weight is 545 g/mol. The summed E-state index contributed by atoms with van der Waals surface area (Å²) in [5, 5.41) is 20.6. The van der Waals surface area contributed by atoms with E-state index >= 15 is 0 Å². The molecule has 1 aliphatic rings. The summed E-state index contributed by atoms with van der Waals surface area (Å²) in [5.74, 6) is 0.393. The normalized spacial score (nSPS) is 16.7. The zero-order valence-electron chi connectivity index (χ0n) is 22.9. The Bertz CT molecular complexity index is 1120. The van der Waals surface area contributed by atoms with Gasteiger partial charge in [-0.25, -0.2) is 8.42 Å². The fourth-order valence-corrected chi connectivity index (χ4v) is 6.33. The molecule has 2 atom stereocenters. The first kappa shape index (κ1) is 29.9. The van der Waals surface area contributed by atoms with Crippen LogP contribution < -0.4 is 20.3 Å². The zero-order valence-corrected chi connectivity index (χ0v) is 23.8. The summed E-state index contributed by atoms with van der Waals surface area (Å²) in [6, 6.07) is 14.4. The van der Waals surface area contributed by atoms with Crippen LogP contribution in [0.4, 0.5) is 11.4 Å². The van der Waals surface area contributed by atoms with Crippen molar-refractivity contribution >= 4 is 27.3 Å². The van der Waals surface area contributed by atoms with Gasteiger partial charge in [-0.15, -0.1) is 0 Å². The Balaban J connectivity index is 1.80. The van der Waals surface area contributed by atoms with Crippen LogP contribution in [0.2, 0.25) is 0 Å². The van der Waals surface area contributed by atoms with E-state index in [4.69, 9.17) is 0 Å². The quantitative estimate of drug-likeness (QED) is 0.270. The number of amides is 1. The smallest absolute Gasteiger partial charge is 0.251 e. The standard InChI is InChI=1S/C29H44N4O4S/c1-4-31-25-18-24(19-26(20-25)33-15-8-9-16-38(33,36)37)29(35)32-27(17-23-12-6-5-7-13-23)28(34)21-30-14-10-11-22(2)3/h5-7,12-13,18-20,22,27-28,30-31,34H,4,8-11,14-17,21H2,1-3H3,(H,32,35)/t27-,28+/m0/s1. The second-order valence-corrected chi connectivity index (χ2v) is 12.5. The third-order valence-corrected chi connectivity index (χ3v) is 8.64. The highest BCUT2D eigenvalue weighted by molar-refractivity contribution is 7.92. The Labute approximate surface area is 228 Å². The van der Waals surface area contributed by atoms with Crippen molar-refractivity contribution in [1.29, 1.82) is 0 Å². The van der Waals surface area contributed by atoms with Gasteiger partial charge < -0.3 is 21.1 Å². The van der Waals surface area contributed by atoms with E-state index in [0.29, 0.717) is 55.3 Å². The van der Waals surface area contributed by atoms with Crippen LogP contribution in [-0.2, 0) is 16.4 Å². The van der Waals surface area contributed by atoms with Crippen molar-refractivity contribution in [2.45, 2.75) is 65.0 Å². The van der Waals surface area contributed by atoms with Crippen molar-refractivity contribution in [3.63, 3.8) is 0 Å². The summed E-state index contributed by atoms with van der Waals surface area (Å²) >= 11 is 0. The Morgan fingerprint density at radius 3 is 2.55 bits per heavy atom. The van der Waals surface area contributed by atoms with E-state index < -0.39 is 22.2 Å². The van der Waals surface area contributed by atoms with Gasteiger partial charge in [-0.2, -0.15) is 0 Å². The molecule has 1 fully saturated rings. The van der Waals surface area contributed by atoms with E-state index in [1.165, 1.54) is 4.31 Å². The van der Waals surface area contributed by atoms with E-state index in [-0.39, 0.29) is 11.7 Å². The van der Waals surface area contributed by atoms with Gasteiger partial charge in [-0.1, -0.05) is 44.2 Å². The number of hydrogen-bond donors (Lipinski definition) is 4. The summed E-state index contributed by atoms with van der Waals surface area (Å²) in [6.45, 7) is 8.54. The van der Waals surface area contributed by atoms with Gasteiger partial charge in [0.1, 0.15) is 0 Å². The minimum absolute atomic E-state index is 0.107. The van der Waals surface area contributed by atoms with Gasteiger partial charge >= 0.3 is 0 Å². The molecule has 2 aromatic carbocycles. The molecule has 0 unspecified atom stereocenters. The molecule has 1 amide bonds. The first-order chi connectivity index (χ1) is 18.2. The van der Waals surface area contributed by atoms with Gasteiger partial charge in [0.15, 0.2) is 0 Å². The van der Waals surface area contributed by atoms with Crippen molar-refractivity contribution in [2.75, 3.05) is 41.6 Å². The molecule has 1 aliphatic heterocycles. The van der Waals surface area contributed by atoms with Crippen molar-refractivity contribution in [1.82, 2.24) is 10.6 Å². The zero-order chi connectivity index (χ0) is 27.5. The molecule has 0 radical (unpaired) electrons. The predicted molar refractivity (Wildman–Crippen MR) is 155 cm³/mol. The minimum Gasteiger partial charge on any atom is -0.390 e. The number of carbonyl (C=O) groups is 1. The van der Waals surface area contributed by atoms with E-state index in [1.807, 2.05) is 37.3 Å². The molecule has 38 heavy (non-hydrogen) atoms. The molecule has 0 spiro atoms. The lowest BCUT2D eigenvalue weighted by Gasteiger charge is -2.29. The highest BCUT2D eigenvalue weighted by Gasteiger charge is 2.28. The van der Waals surface area contributed by atoms with Crippen molar-refractivity contribution < 1.29 is 18.3 Å². The molecular weight excluding hydrogens is 500 g/mol. The van der Waals surface area contributed by atoms with Gasteiger partial charge in [-0.3, -0.25) is 9.10 Å². The molecule has 0 aliphatic carbocycles. The number of sulfonamides is 1. The van der Waals surface area contributed by atoms with Crippen LogP contribution in [0.25, 0.3) is 0 Å². The van der Waals surface area contributed by atoms with Gasteiger partial charge in [0.2, 0.25) is 10.0 Å². The van der Waals surface area contributed by atoms with Crippen LogP contribution in [0.3, 0.4) is 0 Å². The largest absolute Gasteiger partial charge is 0.390 e. The Morgan fingerprint density at radius 2 is 1.87 bits per heavy atom. The molecule has 4 N–H and O–H groups in total. The Hall–Kier alpha value is -2.62. The first-order valence-electron chi connectivity index (χ1n) is 13.8. The van der Waals surface area contributed by atoms with Crippen LogP contribution in [0.1, 0.15) is 62.4 Å². The monoisotopic (exact) mass is 544 g/mol. The predicted octanol–water partition coefficient (Wildman–Crippen LogP) is 3.78. The summed E-state index contributed by atoms with van der Waals surface area (Å²) in [7, 11) is -3.42. The van der Waals surface area contributed by atoms with Gasteiger partial charge in [0.25, 0.3) is 5.91 Å². The molecular formula is C29H44N4O4S. The van der Waals surface area contributed by atoms with Crippen molar-refractivity contribution in [3.05, 3.63) is 59.7 Å². The fraction of sp³-hybridized carbons (Fsp3) is 0.552. The summed E-state index contributed by atoms with van der Waals surface area (Å²) < 4.78 is 26.9. The number of aliphatic hydroxyl groups is 1. The Morgan fingerprint density at radius 1 is 1.11 bits per heavy atom. The van der Waals surface area contributed by atoms with Gasteiger partial charge in [-0.05, 0) is 75.3 Å². The van der Waals surface area contributed by atoms with Crippen LogP contribution in [0.15, 0.2) is 48.5 Å². The summed E-state index contributed by atoms with van der Waals surface area (Å²) in [4.78, 5) is 13.5. The number of rotatable bonds is 14. The molecule has 0 bridgehead atoms. The van der Waals surface area contributed by atoms with E-state index in [9.17, 15) is 18.3 Å². The maximum atomic E-state index is 13.5. The third-order valence-electron chi connectivity index (χ3n) is 6.77. The number of hydrogen-bond acceptors (Lipinski definition) is 6. The highest BCUT2D eigenvalue weighted by atomic mass is 32.2. The molecule has 2 aromatic rings. The molecule has 0 aromatic heterocycles. The third kappa shape index (κ3) is 8.99. The number of benzene rings is 2. The van der Waals surface area contributed by atoms with E-state index in [2.05, 4.69) is 29.8 Å². The molecule has 210 valence electrons. The number of anilines is 2. The van der Waals surface area contributed by atoms with Crippen LogP contribution >= 0.6 is 0 Å². The number of carbonyl (C=O) groups excluding carboxylic acids is 1. The second kappa shape index (κ2) is 14.5. The van der Waals surface area contributed by atoms with E-state index in [1.54, 1.807) is 18.2 Å². The maximum Gasteiger partial charge on any atom is 0.251 e. The number of aliphatic hydroxyl groups excluding tert-OH is 1. The SMILES string of the molecule is CCNc1cc(C(=O)N[C@@H](Cc2ccccc2)[C@H](O)CNCCCC(C)C)cc(N2CCCCS2(=O)=O)c1. The molecule has 1 saturated heterocycles. The number of nitrogens with one attached hydrogen (secondary N) is 3. The lowest BCUT2D eigenvalue weighted by Crippen LogP contribution is -2.49. The maximum absolute atomic E-state index is 13.5. The average Bonchev–Trinajstić information content (AvgIpc) is 2.88. The van der Waals surface area contributed by atoms with Gasteiger partial charge in [0, 0.05) is 30.9 Å². The van der Waals surface area contributed by atoms with Crippen LogP contribution in [0, 0.1) is 5.92 Å². The number of nitrogens with zero attached hydrogens (tertiary/aromatic N) is 1. The summed E-state index contributed by atoms with van der Waals surface area (Å²) in [6.07, 6.45) is 3.24. The molecule has 3 rings (SSSR count). The lowest BCUT2D eigenvalue weighted by molar-refractivity contribution is 0.0830. The van der Waals surface area contributed by atoms with Crippen LogP contribution in [-0.4, -0.2) is 63.5 Å². The van der Waals surface area contributed by atoms with Crippen molar-refractivity contribution in [3.8, 4) is 0 Å². The second-order valence-electron chi connectivity index (χ2n) is 10.5. The first-order valence-corrected chi connectivity index (χ1v) is 15.4. The molecule has 8 nitrogen and oxygen atoms in total. The van der Waals surface area contributed by atoms with Gasteiger partial charge in [0.05, 0.1) is 23.6 Å². The van der Waals surface area contributed by atoms with E-state index in [0.717, 1.165) is 31.4 Å². The Kier molecular flexibility index (Phi) is 11.4. The molecule has 9 heteroatoms. The van der Waals surface area contributed by atoms with Crippen molar-refractivity contribution in [2.24, 2.45) is 5.92 Å². The van der Waals surface area contributed by atoms with Crippen LogP contribution in [0.5, 0.6) is 0 Å². The lowest BCUT2D eigenvalue weighted by atomic mass is 10.00. The summed E-state index contributed by atoms with van der Waals surface area (Å²) in [5.41, 5.74) is 2.54.